The van der Waals surface area contributed by atoms with Crippen molar-refractivity contribution >= 4 is 15.8 Å². The Bertz CT molecular complexity index is 695. The highest BCUT2D eigenvalue weighted by Crippen LogP contribution is 2.18. The number of nitrogens with one attached hydrogen (secondary N) is 1. The van der Waals surface area contributed by atoms with E-state index in [1.165, 1.54) is 12.1 Å². The van der Waals surface area contributed by atoms with Crippen LogP contribution in [0.4, 0.5) is 5.82 Å². The fourth-order valence-corrected chi connectivity index (χ4v) is 2.71. The predicted octanol–water partition coefficient (Wildman–Crippen LogP) is 2.24. The van der Waals surface area contributed by atoms with Crippen molar-refractivity contribution in [3.8, 4) is 0 Å². The Morgan fingerprint density at radius 3 is 2.40 bits per heavy atom. The van der Waals surface area contributed by atoms with Gasteiger partial charge in [0.2, 0.25) is 0 Å². The Morgan fingerprint density at radius 1 is 1.20 bits per heavy atom. The molecule has 0 aliphatic rings. The van der Waals surface area contributed by atoms with Crippen molar-refractivity contribution in [1.82, 2.24) is 4.98 Å². The summed E-state index contributed by atoms with van der Waals surface area (Å²) in [7, 11) is -3.67. The number of aromatic nitrogens is 1. The Kier molecular flexibility index (Phi) is 4.06. The third-order valence-electron chi connectivity index (χ3n) is 2.83. The maximum absolute atomic E-state index is 12.2. The van der Waals surface area contributed by atoms with E-state index in [9.17, 15) is 13.5 Å². The van der Waals surface area contributed by atoms with Crippen molar-refractivity contribution in [2.24, 2.45) is 0 Å². The summed E-state index contributed by atoms with van der Waals surface area (Å²) in [4.78, 5) is 4.10. The van der Waals surface area contributed by atoms with E-state index in [-0.39, 0.29) is 10.7 Å². The number of nitrogens with zero attached hydrogens (tertiary/aromatic N) is 1. The van der Waals surface area contributed by atoms with Crippen LogP contribution in [-0.4, -0.2) is 18.5 Å². The lowest BCUT2D eigenvalue weighted by Crippen LogP contribution is -2.14. The van der Waals surface area contributed by atoms with Crippen LogP contribution in [0.1, 0.15) is 24.2 Å². The fourth-order valence-electron chi connectivity index (χ4n) is 1.71. The van der Waals surface area contributed by atoms with Gasteiger partial charge in [0.1, 0.15) is 5.82 Å². The molecule has 0 radical (unpaired) electrons. The molecule has 0 fully saturated rings. The maximum Gasteiger partial charge on any atom is 0.263 e. The monoisotopic (exact) mass is 292 g/mol. The molecule has 0 saturated heterocycles. The molecule has 0 spiro atoms. The number of anilines is 1. The van der Waals surface area contributed by atoms with Crippen molar-refractivity contribution in [1.29, 1.82) is 0 Å². The van der Waals surface area contributed by atoms with Crippen LogP contribution in [0.2, 0.25) is 0 Å². The molecule has 1 atom stereocenters. The summed E-state index contributed by atoms with van der Waals surface area (Å²) in [5.41, 5.74) is 1.58. The van der Waals surface area contributed by atoms with Gasteiger partial charge in [0.05, 0.1) is 11.0 Å². The first-order chi connectivity index (χ1) is 9.38. The molecule has 0 bridgehead atoms. The van der Waals surface area contributed by atoms with Crippen molar-refractivity contribution < 1.29 is 13.5 Å². The summed E-state index contributed by atoms with van der Waals surface area (Å²) < 4.78 is 26.8. The molecule has 0 aliphatic heterocycles. The summed E-state index contributed by atoms with van der Waals surface area (Å²) in [6.45, 7) is 3.48. The molecule has 6 heteroatoms. The van der Waals surface area contributed by atoms with Gasteiger partial charge in [0.15, 0.2) is 0 Å². The first-order valence-corrected chi connectivity index (χ1v) is 7.60. The highest BCUT2D eigenvalue weighted by Gasteiger charge is 2.15. The van der Waals surface area contributed by atoms with E-state index in [4.69, 9.17) is 0 Å². The molecule has 0 saturated carbocycles. The van der Waals surface area contributed by atoms with Gasteiger partial charge in [0.25, 0.3) is 10.0 Å². The van der Waals surface area contributed by atoms with Crippen LogP contribution in [0.5, 0.6) is 0 Å². The summed E-state index contributed by atoms with van der Waals surface area (Å²) >= 11 is 0. The zero-order valence-corrected chi connectivity index (χ0v) is 12.1. The SMILES string of the molecule is Cc1ccnc(NS(=O)(=O)c2ccc(C(C)O)cc2)c1. The van der Waals surface area contributed by atoms with Crippen molar-refractivity contribution in [2.75, 3.05) is 4.72 Å². The average molecular weight is 292 g/mol. The van der Waals surface area contributed by atoms with E-state index in [1.807, 2.05) is 6.92 Å². The van der Waals surface area contributed by atoms with Gasteiger partial charge in [-0.05, 0) is 49.2 Å². The number of pyridine rings is 1. The molecular weight excluding hydrogens is 276 g/mol. The van der Waals surface area contributed by atoms with E-state index in [1.54, 1.807) is 37.4 Å². The molecule has 1 aromatic carbocycles. The van der Waals surface area contributed by atoms with Gasteiger partial charge < -0.3 is 5.11 Å². The van der Waals surface area contributed by atoms with Gasteiger partial charge >= 0.3 is 0 Å². The van der Waals surface area contributed by atoms with Gasteiger partial charge in [-0.2, -0.15) is 0 Å². The van der Waals surface area contributed by atoms with Crippen LogP contribution in [0.3, 0.4) is 0 Å². The van der Waals surface area contributed by atoms with Gasteiger partial charge in [-0.15, -0.1) is 0 Å². The average Bonchev–Trinajstić information content (AvgIpc) is 2.38. The van der Waals surface area contributed by atoms with Crippen LogP contribution in [0, 0.1) is 6.92 Å². The molecule has 2 aromatic rings. The summed E-state index contributed by atoms with van der Waals surface area (Å²) in [6, 6.07) is 9.53. The zero-order valence-electron chi connectivity index (χ0n) is 11.2. The lowest BCUT2D eigenvalue weighted by atomic mass is 10.1. The minimum Gasteiger partial charge on any atom is -0.389 e. The second-order valence-corrected chi connectivity index (χ2v) is 6.25. The Labute approximate surface area is 118 Å². The number of aliphatic hydroxyl groups is 1. The lowest BCUT2D eigenvalue weighted by molar-refractivity contribution is 0.199. The third-order valence-corrected chi connectivity index (χ3v) is 4.20. The molecule has 20 heavy (non-hydrogen) atoms. The minimum atomic E-state index is -3.67. The first-order valence-electron chi connectivity index (χ1n) is 6.12. The molecule has 5 nitrogen and oxygen atoms in total. The number of benzene rings is 1. The maximum atomic E-state index is 12.2. The van der Waals surface area contributed by atoms with E-state index < -0.39 is 16.1 Å². The molecule has 0 amide bonds. The molecule has 106 valence electrons. The van der Waals surface area contributed by atoms with Gasteiger partial charge in [-0.25, -0.2) is 13.4 Å². The molecule has 1 unspecified atom stereocenters. The van der Waals surface area contributed by atoms with Crippen LogP contribution >= 0.6 is 0 Å². The first kappa shape index (κ1) is 14.5. The van der Waals surface area contributed by atoms with Crippen LogP contribution in [-0.2, 0) is 10.0 Å². The molecule has 2 rings (SSSR count). The van der Waals surface area contributed by atoms with E-state index in [2.05, 4.69) is 9.71 Å². The second-order valence-electron chi connectivity index (χ2n) is 4.57. The second kappa shape index (κ2) is 5.60. The highest BCUT2D eigenvalue weighted by molar-refractivity contribution is 7.92. The number of sulfonamides is 1. The number of aliphatic hydroxyl groups excluding tert-OH is 1. The predicted molar refractivity (Wildman–Crippen MR) is 76.9 cm³/mol. The molecule has 0 aliphatic carbocycles. The van der Waals surface area contributed by atoms with Crippen LogP contribution in [0.25, 0.3) is 0 Å². The van der Waals surface area contributed by atoms with E-state index >= 15 is 0 Å². The number of hydrogen-bond acceptors (Lipinski definition) is 4. The standard InChI is InChI=1S/C14H16N2O3S/c1-10-7-8-15-14(9-10)16-20(18,19)13-5-3-12(4-6-13)11(2)17/h3-9,11,17H,1-2H3,(H,15,16). The number of aryl methyl sites for hydroxylation is 1. The van der Waals surface area contributed by atoms with Gasteiger partial charge in [-0.1, -0.05) is 12.1 Å². The lowest BCUT2D eigenvalue weighted by Gasteiger charge is -2.09. The van der Waals surface area contributed by atoms with Crippen molar-refractivity contribution in [3.05, 3.63) is 53.7 Å². The summed E-state index contributed by atoms with van der Waals surface area (Å²) in [6.07, 6.45) is 0.919. The van der Waals surface area contributed by atoms with Gasteiger partial charge in [0, 0.05) is 6.20 Å². The summed E-state index contributed by atoms with van der Waals surface area (Å²) in [5, 5.41) is 9.41. The quantitative estimate of drug-likeness (QED) is 0.905. The number of rotatable bonds is 4. The third kappa shape index (κ3) is 3.34. The Morgan fingerprint density at radius 2 is 1.85 bits per heavy atom. The topological polar surface area (TPSA) is 79.3 Å². The van der Waals surface area contributed by atoms with Gasteiger partial charge in [-0.3, -0.25) is 4.72 Å². The Balaban J connectivity index is 2.26. The van der Waals surface area contributed by atoms with Crippen LogP contribution in [0.15, 0.2) is 47.5 Å². The molecule has 1 heterocycles. The largest absolute Gasteiger partial charge is 0.389 e. The highest BCUT2D eigenvalue weighted by atomic mass is 32.2. The Hall–Kier alpha value is -1.92. The molecule has 1 aromatic heterocycles. The van der Waals surface area contributed by atoms with E-state index in [0.29, 0.717) is 5.56 Å². The van der Waals surface area contributed by atoms with E-state index in [0.717, 1.165) is 5.56 Å². The normalized spacial score (nSPS) is 12.9. The van der Waals surface area contributed by atoms with Crippen LogP contribution < -0.4 is 4.72 Å². The fraction of sp³-hybridized carbons (Fsp3) is 0.214. The molecule has 2 N–H and O–H groups in total. The minimum absolute atomic E-state index is 0.130. The number of hydrogen-bond donors (Lipinski definition) is 2. The van der Waals surface area contributed by atoms with Crippen molar-refractivity contribution in [3.63, 3.8) is 0 Å². The van der Waals surface area contributed by atoms with Crippen molar-refractivity contribution in [2.45, 2.75) is 24.8 Å². The smallest absolute Gasteiger partial charge is 0.263 e. The zero-order chi connectivity index (χ0) is 14.8. The summed E-state index contributed by atoms with van der Waals surface area (Å²) in [5.74, 6) is 0.282. The molecular formula is C14H16N2O3S.